The molecular formula is C17H31N3O2. The zero-order valence-electron chi connectivity index (χ0n) is 13.8. The van der Waals surface area contributed by atoms with E-state index in [1.807, 2.05) is 11.9 Å². The summed E-state index contributed by atoms with van der Waals surface area (Å²) in [5.74, 6) is 1.07. The van der Waals surface area contributed by atoms with Crippen LogP contribution < -0.4 is 5.32 Å². The Hall–Kier alpha value is -0.810. The van der Waals surface area contributed by atoms with Gasteiger partial charge in [0.05, 0.1) is 0 Å². The Kier molecular flexibility index (Phi) is 5.24. The summed E-state index contributed by atoms with van der Waals surface area (Å²) in [6, 6.07) is 1.27. The Bertz CT molecular complexity index is 378. The van der Waals surface area contributed by atoms with Crippen LogP contribution in [0, 0.1) is 11.8 Å². The van der Waals surface area contributed by atoms with E-state index in [1.54, 1.807) is 0 Å². The molecule has 0 spiro atoms. The second kappa shape index (κ2) is 7.18. The van der Waals surface area contributed by atoms with E-state index in [0.717, 1.165) is 44.8 Å². The van der Waals surface area contributed by atoms with E-state index in [9.17, 15) is 9.90 Å². The highest BCUT2D eigenvalue weighted by molar-refractivity contribution is 5.74. The van der Waals surface area contributed by atoms with Crippen molar-refractivity contribution in [3.8, 4) is 0 Å². The van der Waals surface area contributed by atoms with E-state index in [4.69, 9.17) is 0 Å². The van der Waals surface area contributed by atoms with E-state index in [1.165, 1.54) is 25.8 Å². The molecule has 2 amide bonds. The average molecular weight is 309 g/mol. The molecule has 0 radical (unpaired) electrons. The molecule has 5 nitrogen and oxygen atoms in total. The minimum atomic E-state index is 0.0809. The number of carbonyl (C=O) groups is 1. The summed E-state index contributed by atoms with van der Waals surface area (Å²) in [6.45, 7) is 3.49. The van der Waals surface area contributed by atoms with Crippen LogP contribution in [0.5, 0.6) is 0 Å². The van der Waals surface area contributed by atoms with E-state index < -0.39 is 0 Å². The summed E-state index contributed by atoms with van der Waals surface area (Å²) < 4.78 is 0. The van der Waals surface area contributed by atoms with Crippen molar-refractivity contribution in [1.29, 1.82) is 0 Å². The first-order valence-corrected chi connectivity index (χ1v) is 9.03. The average Bonchev–Trinajstić information content (AvgIpc) is 3.30. The van der Waals surface area contributed by atoms with Crippen LogP contribution in [0.15, 0.2) is 0 Å². The number of likely N-dealkylation sites (tertiary alicyclic amines) is 1. The Balaban J connectivity index is 1.36. The first-order chi connectivity index (χ1) is 10.7. The Morgan fingerprint density at radius 2 is 1.86 bits per heavy atom. The van der Waals surface area contributed by atoms with E-state index in [2.05, 4.69) is 10.2 Å². The Labute approximate surface area is 134 Å². The summed E-state index contributed by atoms with van der Waals surface area (Å²) in [5, 5.41) is 12.3. The highest BCUT2D eigenvalue weighted by atomic mass is 16.3. The molecule has 0 bridgehead atoms. The van der Waals surface area contributed by atoms with Crippen molar-refractivity contribution < 1.29 is 9.90 Å². The smallest absolute Gasteiger partial charge is 0.317 e. The number of hydrogen-bond acceptors (Lipinski definition) is 3. The molecule has 126 valence electrons. The van der Waals surface area contributed by atoms with Crippen molar-refractivity contribution in [1.82, 2.24) is 15.1 Å². The third kappa shape index (κ3) is 3.93. The first-order valence-electron chi connectivity index (χ1n) is 9.03. The molecule has 1 heterocycles. The van der Waals surface area contributed by atoms with Gasteiger partial charge in [0.1, 0.15) is 0 Å². The van der Waals surface area contributed by atoms with Crippen LogP contribution in [0.4, 0.5) is 4.79 Å². The van der Waals surface area contributed by atoms with Crippen molar-refractivity contribution in [2.24, 2.45) is 11.8 Å². The summed E-state index contributed by atoms with van der Waals surface area (Å²) >= 11 is 0. The third-order valence-electron chi connectivity index (χ3n) is 5.87. The predicted molar refractivity (Wildman–Crippen MR) is 86.7 cm³/mol. The number of hydrogen-bond donors (Lipinski definition) is 2. The Morgan fingerprint density at radius 3 is 2.50 bits per heavy atom. The van der Waals surface area contributed by atoms with Crippen molar-refractivity contribution in [2.45, 2.75) is 57.0 Å². The van der Waals surface area contributed by atoms with Gasteiger partial charge in [-0.3, -0.25) is 0 Å². The third-order valence-corrected chi connectivity index (χ3v) is 5.87. The zero-order valence-corrected chi connectivity index (χ0v) is 13.8. The molecule has 1 aliphatic heterocycles. The van der Waals surface area contributed by atoms with Crippen LogP contribution in [-0.2, 0) is 0 Å². The summed E-state index contributed by atoms with van der Waals surface area (Å²) in [6.07, 6.45) is 8.09. The van der Waals surface area contributed by atoms with Crippen molar-refractivity contribution in [3.63, 3.8) is 0 Å². The van der Waals surface area contributed by atoms with E-state index in [0.29, 0.717) is 24.5 Å². The molecular weight excluding hydrogens is 278 g/mol. The van der Waals surface area contributed by atoms with Gasteiger partial charge in [-0.05, 0) is 63.3 Å². The quantitative estimate of drug-likeness (QED) is 0.812. The van der Waals surface area contributed by atoms with E-state index >= 15 is 0 Å². The molecule has 2 saturated carbocycles. The van der Waals surface area contributed by atoms with Gasteiger partial charge in [0, 0.05) is 38.8 Å². The lowest BCUT2D eigenvalue weighted by molar-refractivity contribution is 0.133. The van der Waals surface area contributed by atoms with Gasteiger partial charge in [0.15, 0.2) is 0 Å². The standard InChI is InChI=1S/C17H31N3O2/c1-19(15-4-2-13(12-21)3-5-15)17(22)18-10-14-8-9-20(11-14)16-6-7-16/h13-16,21H,2-12H2,1H3,(H,18,22). The number of rotatable bonds is 5. The van der Waals surface area contributed by atoms with Crippen molar-refractivity contribution in [2.75, 3.05) is 33.3 Å². The van der Waals surface area contributed by atoms with Crippen LogP contribution in [0.3, 0.4) is 0 Å². The predicted octanol–water partition coefficient (Wildman–Crippen LogP) is 1.66. The molecule has 2 N–H and O–H groups in total. The molecule has 3 rings (SSSR count). The van der Waals surface area contributed by atoms with Gasteiger partial charge in [-0.2, -0.15) is 0 Å². The lowest BCUT2D eigenvalue weighted by atomic mass is 9.86. The fourth-order valence-electron chi connectivity index (χ4n) is 4.04. The fraction of sp³-hybridized carbons (Fsp3) is 0.941. The van der Waals surface area contributed by atoms with Gasteiger partial charge < -0.3 is 20.2 Å². The lowest BCUT2D eigenvalue weighted by Crippen LogP contribution is -2.46. The van der Waals surface area contributed by atoms with Gasteiger partial charge in [0.2, 0.25) is 0 Å². The number of aliphatic hydroxyl groups is 1. The number of amides is 2. The molecule has 3 aliphatic rings. The second-order valence-electron chi connectivity index (χ2n) is 7.53. The molecule has 22 heavy (non-hydrogen) atoms. The van der Waals surface area contributed by atoms with Crippen molar-refractivity contribution >= 4 is 6.03 Å². The van der Waals surface area contributed by atoms with Crippen LogP contribution in [0.1, 0.15) is 44.9 Å². The van der Waals surface area contributed by atoms with Crippen LogP contribution in [0.25, 0.3) is 0 Å². The molecule has 0 aromatic carbocycles. The molecule has 3 fully saturated rings. The monoisotopic (exact) mass is 309 g/mol. The molecule has 0 aromatic heterocycles. The summed E-state index contributed by atoms with van der Waals surface area (Å²) in [7, 11) is 1.92. The molecule has 0 aromatic rings. The van der Waals surface area contributed by atoms with Crippen molar-refractivity contribution in [3.05, 3.63) is 0 Å². The largest absolute Gasteiger partial charge is 0.396 e. The maximum Gasteiger partial charge on any atom is 0.317 e. The normalized spacial score (nSPS) is 32.9. The molecule has 1 saturated heterocycles. The van der Waals surface area contributed by atoms with E-state index in [-0.39, 0.29) is 6.03 Å². The van der Waals surface area contributed by atoms with Gasteiger partial charge in [-0.25, -0.2) is 4.79 Å². The minimum absolute atomic E-state index is 0.0809. The highest BCUT2D eigenvalue weighted by Gasteiger charge is 2.34. The summed E-state index contributed by atoms with van der Waals surface area (Å²) in [4.78, 5) is 16.8. The number of nitrogens with zero attached hydrogens (tertiary/aromatic N) is 2. The van der Waals surface area contributed by atoms with Gasteiger partial charge >= 0.3 is 6.03 Å². The molecule has 5 heteroatoms. The fourth-order valence-corrected chi connectivity index (χ4v) is 4.04. The molecule has 2 aliphatic carbocycles. The number of carbonyl (C=O) groups excluding carboxylic acids is 1. The SMILES string of the molecule is CN(C(=O)NCC1CCN(C2CC2)C1)C1CCC(CO)CC1. The van der Waals surface area contributed by atoms with Crippen LogP contribution >= 0.6 is 0 Å². The van der Waals surface area contributed by atoms with Crippen LogP contribution in [-0.4, -0.2) is 66.3 Å². The molecule has 1 atom stereocenters. The topological polar surface area (TPSA) is 55.8 Å². The number of urea groups is 1. The molecule has 1 unspecified atom stereocenters. The minimum Gasteiger partial charge on any atom is -0.396 e. The highest BCUT2D eigenvalue weighted by Crippen LogP contribution is 2.31. The van der Waals surface area contributed by atoms with Gasteiger partial charge in [-0.15, -0.1) is 0 Å². The maximum absolute atomic E-state index is 12.3. The second-order valence-corrected chi connectivity index (χ2v) is 7.53. The Morgan fingerprint density at radius 1 is 1.14 bits per heavy atom. The zero-order chi connectivity index (χ0) is 15.5. The van der Waals surface area contributed by atoms with Crippen LogP contribution in [0.2, 0.25) is 0 Å². The number of nitrogens with one attached hydrogen (secondary N) is 1. The first kappa shape index (κ1) is 16.1. The van der Waals surface area contributed by atoms with Gasteiger partial charge in [-0.1, -0.05) is 0 Å². The van der Waals surface area contributed by atoms with Gasteiger partial charge in [0.25, 0.3) is 0 Å². The summed E-state index contributed by atoms with van der Waals surface area (Å²) in [5.41, 5.74) is 0. The maximum atomic E-state index is 12.3. The number of aliphatic hydroxyl groups excluding tert-OH is 1. The lowest BCUT2D eigenvalue weighted by Gasteiger charge is -2.34.